The monoisotopic (exact) mass is 235 g/mol. The van der Waals surface area contributed by atoms with Crippen LogP contribution >= 0.6 is 0 Å². The zero-order valence-corrected chi connectivity index (χ0v) is 10.1. The molecule has 0 spiro atoms. The molecule has 5 nitrogen and oxygen atoms in total. The Hall–Kier alpha value is -1.91. The molecule has 92 valence electrons. The van der Waals surface area contributed by atoms with E-state index in [0.717, 1.165) is 5.56 Å². The molecule has 2 heterocycles. The molecule has 2 rings (SSSR count). The second-order valence-electron chi connectivity index (χ2n) is 3.39. The fourth-order valence-corrected chi connectivity index (χ4v) is 1.46. The Kier molecular flexibility index (Phi) is 5.13. The van der Waals surface area contributed by atoms with E-state index >= 15 is 0 Å². The van der Waals surface area contributed by atoms with Crippen molar-refractivity contribution in [3.63, 3.8) is 0 Å². The van der Waals surface area contributed by atoms with Crippen molar-refractivity contribution in [2.45, 2.75) is 26.8 Å². The number of nitrogens with zero attached hydrogens (tertiary/aromatic N) is 2. The van der Waals surface area contributed by atoms with E-state index in [0.29, 0.717) is 19.5 Å². The molecular formula is C12H17N3O2. The van der Waals surface area contributed by atoms with Crippen LogP contribution in [0, 0.1) is 0 Å². The van der Waals surface area contributed by atoms with E-state index in [1.807, 2.05) is 26.0 Å². The number of hydrogen-bond donors (Lipinski definition) is 1. The summed E-state index contributed by atoms with van der Waals surface area (Å²) in [5, 5.41) is 2.28. The highest BCUT2D eigenvalue weighted by Crippen LogP contribution is 2.06. The normalized spacial score (nSPS) is 14.8. The number of aromatic nitrogens is 1. The van der Waals surface area contributed by atoms with Gasteiger partial charge in [-0.2, -0.15) is 0 Å². The van der Waals surface area contributed by atoms with Gasteiger partial charge in [-0.15, -0.1) is 0 Å². The third-order valence-corrected chi connectivity index (χ3v) is 2.24. The molecule has 1 aromatic rings. The smallest absolute Gasteiger partial charge is 0.320 e. The van der Waals surface area contributed by atoms with Crippen molar-refractivity contribution in [1.82, 2.24) is 15.2 Å². The Morgan fingerprint density at radius 3 is 2.76 bits per heavy atom. The van der Waals surface area contributed by atoms with Gasteiger partial charge in [0.25, 0.3) is 0 Å². The molecule has 0 aliphatic carbocycles. The molecule has 3 amide bonds. The van der Waals surface area contributed by atoms with Gasteiger partial charge < -0.3 is 4.90 Å². The van der Waals surface area contributed by atoms with Crippen LogP contribution < -0.4 is 5.32 Å². The van der Waals surface area contributed by atoms with E-state index in [1.165, 1.54) is 0 Å². The standard InChI is InChI=1S/C10H11N3O2.C2H6/c14-9-3-5-13(10(15)12-9)7-8-2-1-4-11-6-8;1-2/h1-2,4,6H,3,5,7H2,(H,12,14,15);1-2H3. The molecule has 17 heavy (non-hydrogen) atoms. The molecule has 1 aliphatic rings. The number of imide groups is 1. The summed E-state index contributed by atoms with van der Waals surface area (Å²) in [6.07, 6.45) is 3.76. The van der Waals surface area contributed by atoms with Crippen LogP contribution in [0.4, 0.5) is 4.79 Å². The van der Waals surface area contributed by atoms with E-state index in [-0.39, 0.29) is 11.9 Å². The molecule has 0 atom stereocenters. The predicted octanol–water partition coefficient (Wildman–Crippen LogP) is 1.55. The van der Waals surface area contributed by atoms with Gasteiger partial charge in [-0.05, 0) is 11.6 Å². The molecule has 1 saturated heterocycles. The van der Waals surface area contributed by atoms with Crippen LogP contribution in [-0.4, -0.2) is 28.4 Å². The highest BCUT2D eigenvalue weighted by molar-refractivity contribution is 5.96. The fraction of sp³-hybridized carbons (Fsp3) is 0.417. The first-order valence-electron chi connectivity index (χ1n) is 5.73. The van der Waals surface area contributed by atoms with E-state index in [4.69, 9.17) is 0 Å². The lowest BCUT2D eigenvalue weighted by molar-refractivity contribution is -0.121. The van der Waals surface area contributed by atoms with Crippen molar-refractivity contribution in [2.24, 2.45) is 0 Å². The topological polar surface area (TPSA) is 62.3 Å². The molecule has 0 bridgehead atoms. The Balaban J connectivity index is 0.000000686. The molecule has 0 saturated carbocycles. The van der Waals surface area contributed by atoms with Crippen molar-refractivity contribution in [3.8, 4) is 0 Å². The quantitative estimate of drug-likeness (QED) is 0.846. The second-order valence-corrected chi connectivity index (χ2v) is 3.39. The van der Waals surface area contributed by atoms with Gasteiger partial charge in [-0.25, -0.2) is 4.79 Å². The number of pyridine rings is 1. The molecule has 1 fully saturated rings. The summed E-state index contributed by atoms with van der Waals surface area (Å²) in [5.74, 6) is -0.206. The Labute approximate surface area is 101 Å². The molecule has 0 radical (unpaired) electrons. The molecule has 5 heteroatoms. The number of urea groups is 1. The zero-order valence-electron chi connectivity index (χ0n) is 10.1. The van der Waals surface area contributed by atoms with Gasteiger partial charge in [0, 0.05) is 31.9 Å². The molecular weight excluding hydrogens is 218 g/mol. The summed E-state index contributed by atoms with van der Waals surface area (Å²) in [5.41, 5.74) is 0.960. The molecule has 1 aromatic heterocycles. The third kappa shape index (κ3) is 3.86. The van der Waals surface area contributed by atoms with Crippen molar-refractivity contribution < 1.29 is 9.59 Å². The minimum absolute atomic E-state index is 0.206. The van der Waals surface area contributed by atoms with Crippen LogP contribution in [0.1, 0.15) is 25.8 Å². The Morgan fingerprint density at radius 2 is 2.18 bits per heavy atom. The zero-order chi connectivity index (χ0) is 12.7. The predicted molar refractivity (Wildman–Crippen MR) is 64.2 cm³/mol. The Morgan fingerprint density at radius 1 is 1.41 bits per heavy atom. The van der Waals surface area contributed by atoms with E-state index in [2.05, 4.69) is 10.3 Å². The lowest BCUT2D eigenvalue weighted by Gasteiger charge is -2.26. The first-order valence-corrected chi connectivity index (χ1v) is 5.73. The van der Waals surface area contributed by atoms with Gasteiger partial charge >= 0.3 is 6.03 Å². The average molecular weight is 235 g/mol. The summed E-state index contributed by atoms with van der Waals surface area (Å²) < 4.78 is 0. The van der Waals surface area contributed by atoms with Crippen LogP contribution in [0.5, 0.6) is 0 Å². The van der Waals surface area contributed by atoms with E-state index in [1.54, 1.807) is 17.3 Å². The average Bonchev–Trinajstić information content (AvgIpc) is 2.37. The molecule has 1 aliphatic heterocycles. The first-order chi connectivity index (χ1) is 8.25. The van der Waals surface area contributed by atoms with Gasteiger partial charge in [-0.1, -0.05) is 19.9 Å². The largest absolute Gasteiger partial charge is 0.324 e. The lowest BCUT2D eigenvalue weighted by atomic mass is 10.2. The fourth-order valence-electron chi connectivity index (χ4n) is 1.46. The molecule has 0 unspecified atom stereocenters. The molecule has 0 aromatic carbocycles. The molecule has 1 N–H and O–H groups in total. The highest BCUT2D eigenvalue weighted by Gasteiger charge is 2.22. The van der Waals surface area contributed by atoms with Crippen molar-refractivity contribution in [3.05, 3.63) is 30.1 Å². The van der Waals surface area contributed by atoms with Crippen LogP contribution in [0.25, 0.3) is 0 Å². The number of carbonyl (C=O) groups excluding carboxylic acids is 2. The van der Waals surface area contributed by atoms with Gasteiger partial charge in [0.15, 0.2) is 0 Å². The van der Waals surface area contributed by atoms with E-state index in [9.17, 15) is 9.59 Å². The van der Waals surface area contributed by atoms with Gasteiger partial charge in [0.2, 0.25) is 5.91 Å². The number of nitrogens with one attached hydrogen (secondary N) is 1. The maximum absolute atomic E-state index is 11.4. The number of hydrogen-bond acceptors (Lipinski definition) is 3. The second kappa shape index (κ2) is 6.62. The first kappa shape index (κ1) is 13.2. The Bertz CT molecular complexity index is 379. The number of amides is 3. The van der Waals surface area contributed by atoms with Crippen LogP contribution in [0.3, 0.4) is 0 Å². The minimum atomic E-state index is -0.324. The van der Waals surface area contributed by atoms with E-state index < -0.39 is 0 Å². The summed E-state index contributed by atoms with van der Waals surface area (Å²) in [6, 6.07) is 3.40. The summed E-state index contributed by atoms with van der Waals surface area (Å²) in [6.45, 7) is 4.96. The van der Waals surface area contributed by atoms with Gasteiger partial charge in [0.1, 0.15) is 0 Å². The third-order valence-electron chi connectivity index (χ3n) is 2.24. The van der Waals surface area contributed by atoms with Crippen molar-refractivity contribution >= 4 is 11.9 Å². The van der Waals surface area contributed by atoms with Crippen LogP contribution in [0.15, 0.2) is 24.5 Å². The number of rotatable bonds is 2. The minimum Gasteiger partial charge on any atom is -0.320 e. The maximum Gasteiger partial charge on any atom is 0.324 e. The van der Waals surface area contributed by atoms with Gasteiger partial charge in [-0.3, -0.25) is 15.1 Å². The van der Waals surface area contributed by atoms with Crippen molar-refractivity contribution in [1.29, 1.82) is 0 Å². The number of carbonyl (C=O) groups is 2. The highest BCUT2D eigenvalue weighted by atomic mass is 16.2. The van der Waals surface area contributed by atoms with Crippen molar-refractivity contribution in [2.75, 3.05) is 6.54 Å². The summed E-state index contributed by atoms with van der Waals surface area (Å²) in [7, 11) is 0. The SMILES string of the molecule is CC.O=C1CCN(Cc2cccnc2)C(=O)N1. The maximum atomic E-state index is 11.4. The van der Waals surface area contributed by atoms with Crippen LogP contribution in [-0.2, 0) is 11.3 Å². The summed E-state index contributed by atoms with van der Waals surface area (Å²) >= 11 is 0. The van der Waals surface area contributed by atoms with Gasteiger partial charge in [0.05, 0.1) is 0 Å². The van der Waals surface area contributed by atoms with Crippen LogP contribution in [0.2, 0.25) is 0 Å². The lowest BCUT2D eigenvalue weighted by Crippen LogP contribution is -2.48. The summed E-state index contributed by atoms with van der Waals surface area (Å²) in [4.78, 5) is 27.8.